The predicted molar refractivity (Wildman–Crippen MR) is 56.4 cm³/mol. The molecule has 0 aromatic rings. The van der Waals surface area contributed by atoms with Crippen LogP contribution in [-0.2, 0) is 0 Å². The first-order valence-corrected chi connectivity index (χ1v) is 8.11. The normalized spacial score (nSPS) is 27.0. The SMILES string of the molecule is CC1=[N+]([Si](C)(C)C)C(C)N(C)C1. The van der Waals surface area contributed by atoms with Gasteiger partial charge < -0.3 is 0 Å². The van der Waals surface area contributed by atoms with Crippen molar-refractivity contribution in [2.45, 2.75) is 39.7 Å². The van der Waals surface area contributed by atoms with E-state index in [-0.39, 0.29) is 0 Å². The Morgan fingerprint density at radius 1 is 1.42 bits per heavy atom. The molecule has 0 amide bonds. The van der Waals surface area contributed by atoms with Gasteiger partial charge in [-0.05, 0) is 26.7 Å². The Labute approximate surface area is 77.0 Å². The maximum Gasteiger partial charge on any atom is 0.350 e. The topological polar surface area (TPSA) is 6.25 Å². The average molecular weight is 185 g/mol. The fraction of sp³-hybridized carbons (Fsp3) is 0.889. The van der Waals surface area contributed by atoms with Crippen LogP contribution in [0.2, 0.25) is 19.6 Å². The third-order valence-corrected chi connectivity index (χ3v) is 4.82. The molecule has 1 aliphatic rings. The zero-order valence-electron chi connectivity index (χ0n) is 9.18. The Kier molecular flexibility index (Phi) is 2.45. The Bertz CT molecular complexity index is 215. The lowest BCUT2D eigenvalue weighted by molar-refractivity contribution is -0.455. The highest BCUT2D eigenvalue weighted by Crippen LogP contribution is 2.15. The molecule has 12 heavy (non-hydrogen) atoms. The second-order valence-electron chi connectivity index (χ2n) is 4.82. The third-order valence-electron chi connectivity index (χ3n) is 2.62. The number of hydrogen-bond acceptors (Lipinski definition) is 1. The Morgan fingerprint density at radius 2 is 1.92 bits per heavy atom. The van der Waals surface area contributed by atoms with E-state index in [4.69, 9.17) is 0 Å². The molecule has 2 nitrogen and oxygen atoms in total. The van der Waals surface area contributed by atoms with Gasteiger partial charge in [0.15, 0.2) is 6.17 Å². The molecule has 0 fully saturated rings. The van der Waals surface area contributed by atoms with Crippen LogP contribution in [-0.4, -0.2) is 42.8 Å². The van der Waals surface area contributed by atoms with Gasteiger partial charge in [-0.1, -0.05) is 0 Å². The molecule has 0 saturated carbocycles. The summed E-state index contributed by atoms with van der Waals surface area (Å²) in [4.78, 5) is 2.41. The van der Waals surface area contributed by atoms with Crippen molar-refractivity contribution in [2.24, 2.45) is 0 Å². The van der Waals surface area contributed by atoms with E-state index in [9.17, 15) is 0 Å². The van der Waals surface area contributed by atoms with Crippen molar-refractivity contribution in [3.05, 3.63) is 0 Å². The second kappa shape index (κ2) is 2.96. The summed E-state index contributed by atoms with van der Waals surface area (Å²) in [7, 11) is 1.07. The summed E-state index contributed by atoms with van der Waals surface area (Å²) in [6, 6.07) is 0. The standard InChI is InChI=1S/C9H21N2Si/c1-8-7-10(3)9(2)11(8)12(4,5)6/h9H,7H2,1-6H3/q+1. The fourth-order valence-electron chi connectivity index (χ4n) is 2.22. The van der Waals surface area contributed by atoms with Crippen molar-refractivity contribution in [1.29, 1.82) is 0 Å². The van der Waals surface area contributed by atoms with E-state index in [2.05, 4.69) is 49.7 Å². The van der Waals surface area contributed by atoms with Crippen LogP contribution in [0.5, 0.6) is 0 Å². The lowest BCUT2D eigenvalue weighted by Gasteiger charge is -2.21. The van der Waals surface area contributed by atoms with Gasteiger partial charge in [0, 0.05) is 13.8 Å². The summed E-state index contributed by atoms with van der Waals surface area (Å²) >= 11 is 0. The van der Waals surface area contributed by atoms with Crippen LogP contribution < -0.4 is 0 Å². The van der Waals surface area contributed by atoms with Gasteiger partial charge in [-0.15, -0.1) is 0 Å². The van der Waals surface area contributed by atoms with Gasteiger partial charge >= 0.3 is 8.24 Å². The quantitative estimate of drug-likeness (QED) is 0.562. The second-order valence-corrected chi connectivity index (χ2v) is 9.65. The van der Waals surface area contributed by atoms with Crippen molar-refractivity contribution >= 4 is 13.9 Å². The number of hydrogen-bond donors (Lipinski definition) is 0. The summed E-state index contributed by atoms with van der Waals surface area (Å²) < 4.78 is 2.63. The van der Waals surface area contributed by atoms with Crippen LogP contribution in [0.4, 0.5) is 0 Å². The van der Waals surface area contributed by atoms with E-state index in [1.165, 1.54) is 0 Å². The molecule has 0 N–H and O–H groups in total. The predicted octanol–water partition coefficient (Wildman–Crippen LogP) is 1.59. The molecule has 0 aromatic carbocycles. The van der Waals surface area contributed by atoms with Gasteiger partial charge in [0.25, 0.3) is 0 Å². The fourth-order valence-corrected chi connectivity index (χ4v) is 4.75. The van der Waals surface area contributed by atoms with Crippen LogP contribution in [0, 0.1) is 0 Å². The monoisotopic (exact) mass is 185 g/mol. The van der Waals surface area contributed by atoms with Crippen LogP contribution in [0.3, 0.4) is 0 Å². The van der Waals surface area contributed by atoms with E-state index in [0.717, 1.165) is 6.54 Å². The molecular formula is C9H21N2Si+. The maximum absolute atomic E-state index is 2.63. The van der Waals surface area contributed by atoms with E-state index >= 15 is 0 Å². The summed E-state index contributed by atoms with van der Waals surface area (Å²) in [5.74, 6) is 0. The van der Waals surface area contributed by atoms with Crippen LogP contribution in [0.15, 0.2) is 0 Å². The molecule has 0 saturated heterocycles. The van der Waals surface area contributed by atoms with Crippen LogP contribution in [0.1, 0.15) is 13.8 Å². The molecule has 1 heterocycles. The highest BCUT2D eigenvalue weighted by Gasteiger charge is 2.41. The molecule has 1 atom stereocenters. The highest BCUT2D eigenvalue weighted by atomic mass is 28.3. The molecule has 70 valence electrons. The van der Waals surface area contributed by atoms with Crippen LogP contribution in [0.25, 0.3) is 0 Å². The molecule has 0 aromatic heterocycles. The largest absolute Gasteiger partial charge is 0.350 e. The summed E-state index contributed by atoms with van der Waals surface area (Å²) in [5, 5.41) is 0. The van der Waals surface area contributed by atoms with Gasteiger partial charge in [-0.25, -0.2) is 4.90 Å². The van der Waals surface area contributed by atoms with Gasteiger partial charge in [-0.2, -0.15) is 0 Å². The summed E-state index contributed by atoms with van der Waals surface area (Å²) in [6.45, 7) is 12.9. The molecule has 1 rings (SSSR count). The molecule has 0 aliphatic carbocycles. The molecule has 1 unspecified atom stereocenters. The number of rotatable bonds is 1. The van der Waals surface area contributed by atoms with Crippen molar-refractivity contribution in [2.75, 3.05) is 13.6 Å². The third kappa shape index (κ3) is 1.61. The first-order chi connectivity index (χ1) is 5.34. The Hall–Kier alpha value is -0.153. The van der Waals surface area contributed by atoms with Crippen molar-refractivity contribution in [3.63, 3.8) is 0 Å². The zero-order valence-corrected chi connectivity index (χ0v) is 10.2. The minimum Gasteiger partial charge on any atom is -0.295 e. The van der Waals surface area contributed by atoms with Gasteiger partial charge in [0.2, 0.25) is 0 Å². The van der Waals surface area contributed by atoms with Crippen molar-refractivity contribution in [3.8, 4) is 0 Å². The molecule has 0 spiro atoms. The smallest absolute Gasteiger partial charge is 0.295 e. The van der Waals surface area contributed by atoms with Crippen molar-refractivity contribution in [1.82, 2.24) is 4.90 Å². The van der Waals surface area contributed by atoms with Crippen molar-refractivity contribution < 1.29 is 4.24 Å². The Morgan fingerprint density at radius 3 is 2.08 bits per heavy atom. The first-order valence-electron chi connectivity index (χ1n) is 4.66. The van der Waals surface area contributed by atoms with E-state index < -0.39 is 8.24 Å². The Balaban J connectivity index is 2.96. The highest BCUT2D eigenvalue weighted by molar-refractivity contribution is 6.68. The first kappa shape index (κ1) is 9.93. The lowest BCUT2D eigenvalue weighted by atomic mass is 10.4. The maximum atomic E-state index is 2.63. The molecule has 1 aliphatic heterocycles. The molecule has 0 bridgehead atoms. The average Bonchev–Trinajstić information content (AvgIpc) is 2.05. The summed E-state index contributed by atoms with van der Waals surface area (Å²) in [5.41, 5.74) is 1.55. The van der Waals surface area contributed by atoms with Gasteiger partial charge in [-0.3, -0.25) is 4.24 Å². The molecular weight excluding hydrogens is 164 g/mol. The van der Waals surface area contributed by atoms with Crippen LogP contribution >= 0.6 is 0 Å². The molecule has 3 heteroatoms. The minimum atomic E-state index is -1.14. The zero-order chi connectivity index (χ0) is 9.52. The van der Waals surface area contributed by atoms with E-state index in [1.54, 1.807) is 5.71 Å². The van der Waals surface area contributed by atoms with E-state index in [0.29, 0.717) is 6.17 Å². The molecule has 0 radical (unpaired) electrons. The van der Waals surface area contributed by atoms with Gasteiger partial charge in [0.1, 0.15) is 5.71 Å². The number of nitrogens with zero attached hydrogens (tertiary/aromatic N) is 2. The summed E-state index contributed by atoms with van der Waals surface area (Å²) in [6.07, 6.45) is 0.608. The lowest BCUT2D eigenvalue weighted by Crippen LogP contribution is -2.46. The minimum absolute atomic E-state index is 0.608. The van der Waals surface area contributed by atoms with Gasteiger partial charge in [0.05, 0.1) is 6.54 Å². The van der Waals surface area contributed by atoms with E-state index in [1.807, 2.05) is 0 Å².